The van der Waals surface area contributed by atoms with Crippen LogP contribution in [0.2, 0.25) is 0 Å². The number of nitrogens with zero attached hydrogens (tertiary/aromatic N) is 1. The van der Waals surface area contributed by atoms with Gasteiger partial charge < -0.3 is 10.2 Å². The Labute approximate surface area is 86.9 Å². The zero-order chi connectivity index (χ0) is 10.4. The minimum absolute atomic E-state index is 0.184. The number of halogens is 1. The van der Waals surface area contributed by atoms with Gasteiger partial charge in [-0.15, -0.1) is 0 Å². The molecule has 1 rings (SSSR count). The first-order chi connectivity index (χ1) is 6.74. The normalized spacial score (nSPS) is 25.3. The second kappa shape index (κ2) is 6.36. The number of alkyl halides is 1. The smallest absolute Gasteiger partial charge is 0.0906 e. The van der Waals surface area contributed by atoms with Crippen molar-refractivity contribution in [3.63, 3.8) is 0 Å². The lowest BCUT2D eigenvalue weighted by molar-refractivity contribution is 0.235. The molecule has 0 aromatic rings. The van der Waals surface area contributed by atoms with Crippen molar-refractivity contribution in [2.45, 2.75) is 32.7 Å². The average molecular weight is 202 g/mol. The van der Waals surface area contributed by atoms with Gasteiger partial charge in [-0.3, -0.25) is 4.39 Å². The van der Waals surface area contributed by atoms with Gasteiger partial charge in [-0.25, -0.2) is 0 Å². The molecule has 0 amide bonds. The van der Waals surface area contributed by atoms with E-state index in [1.165, 1.54) is 6.42 Å². The Morgan fingerprint density at radius 1 is 1.50 bits per heavy atom. The van der Waals surface area contributed by atoms with Crippen molar-refractivity contribution in [3.05, 3.63) is 0 Å². The van der Waals surface area contributed by atoms with E-state index in [1.54, 1.807) is 0 Å². The van der Waals surface area contributed by atoms with Gasteiger partial charge in [0, 0.05) is 19.1 Å². The van der Waals surface area contributed by atoms with E-state index in [9.17, 15) is 4.39 Å². The highest BCUT2D eigenvalue weighted by atomic mass is 19.1. The van der Waals surface area contributed by atoms with E-state index >= 15 is 0 Å². The van der Waals surface area contributed by atoms with Gasteiger partial charge in [0.2, 0.25) is 0 Å². The summed E-state index contributed by atoms with van der Waals surface area (Å²) in [5.41, 5.74) is 0. The van der Waals surface area contributed by atoms with Crippen LogP contribution in [0.3, 0.4) is 0 Å². The minimum Gasteiger partial charge on any atom is -0.312 e. The van der Waals surface area contributed by atoms with Crippen LogP contribution in [-0.4, -0.2) is 43.8 Å². The molecule has 84 valence electrons. The molecule has 0 radical (unpaired) electrons. The fourth-order valence-corrected chi connectivity index (χ4v) is 1.96. The first-order valence-electron chi connectivity index (χ1n) is 5.75. The molecule has 1 unspecified atom stereocenters. The van der Waals surface area contributed by atoms with E-state index in [-0.39, 0.29) is 6.67 Å². The van der Waals surface area contributed by atoms with E-state index in [0.717, 1.165) is 26.2 Å². The Hall–Kier alpha value is -0.150. The van der Waals surface area contributed by atoms with Crippen molar-refractivity contribution in [2.75, 3.05) is 32.9 Å². The third-order valence-electron chi connectivity index (χ3n) is 2.93. The first-order valence-corrected chi connectivity index (χ1v) is 5.75. The molecule has 0 aromatic carbocycles. The monoisotopic (exact) mass is 202 g/mol. The minimum atomic E-state index is -0.184. The quantitative estimate of drug-likeness (QED) is 0.746. The molecule has 0 aromatic heterocycles. The molecule has 0 bridgehead atoms. The van der Waals surface area contributed by atoms with Crippen molar-refractivity contribution in [2.24, 2.45) is 5.92 Å². The second-order valence-electron chi connectivity index (χ2n) is 4.50. The maximum atomic E-state index is 12.1. The van der Waals surface area contributed by atoms with Gasteiger partial charge in [-0.1, -0.05) is 13.8 Å². The van der Waals surface area contributed by atoms with Crippen LogP contribution in [0.5, 0.6) is 0 Å². The van der Waals surface area contributed by atoms with Crippen LogP contribution in [0.1, 0.15) is 26.7 Å². The van der Waals surface area contributed by atoms with Crippen LogP contribution in [0.4, 0.5) is 4.39 Å². The molecule has 0 spiro atoms. The lowest BCUT2D eigenvalue weighted by atomic mass is 10.0. The zero-order valence-corrected chi connectivity index (χ0v) is 9.43. The van der Waals surface area contributed by atoms with Crippen LogP contribution in [0.15, 0.2) is 0 Å². The highest BCUT2D eigenvalue weighted by molar-refractivity contribution is 4.78. The van der Waals surface area contributed by atoms with Gasteiger partial charge in [0.15, 0.2) is 0 Å². The molecular formula is C11H23FN2. The lowest BCUT2D eigenvalue weighted by Gasteiger charge is -2.26. The second-order valence-corrected chi connectivity index (χ2v) is 4.50. The van der Waals surface area contributed by atoms with Crippen molar-refractivity contribution in [1.29, 1.82) is 0 Å². The van der Waals surface area contributed by atoms with Crippen LogP contribution >= 0.6 is 0 Å². The molecule has 14 heavy (non-hydrogen) atoms. The summed E-state index contributed by atoms with van der Waals surface area (Å²) in [5, 5.41) is 3.55. The zero-order valence-electron chi connectivity index (χ0n) is 9.43. The Balaban J connectivity index is 2.35. The van der Waals surface area contributed by atoms with Crippen LogP contribution in [-0.2, 0) is 0 Å². The fourth-order valence-electron chi connectivity index (χ4n) is 1.96. The Morgan fingerprint density at radius 2 is 2.29 bits per heavy atom. The Bertz CT molecular complexity index is 150. The van der Waals surface area contributed by atoms with E-state index in [4.69, 9.17) is 0 Å². The third kappa shape index (κ3) is 3.93. The highest BCUT2D eigenvalue weighted by Gasteiger charge is 2.19. The maximum Gasteiger partial charge on any atom is 0.0906 e. The molecular weight excluding hydrogens is 179 g/mol. The summed E-state index contributed by atoms with van der Waals surface area (Å²) in [5.74, 6) is 0.668. The maximum absolute atomic E-state index is 12.1. The van der Waals surface area contributed by atoms with E-state index in [0.29, 0.717) is 18.4 Å². The standard InChI is InChI=1S/C11H23FN2/c1-10(2)11-9-14(7-3-5-12)8-4-6-13-11/h10-11,13H,3-9H2,1-2H3. The summed E-state index contributed by atoms with van der Waals surface area (Å²) in [6.07, 6.45) is 1.88. The largest absolute Gasteiger partial charge is 0.312 e. The predicted octanol–water partition coefficient (Wildman–Crippen LogP) is 1.67. The molecule has 1 N–H and O–H groups in total. The summed E-state index contributed by atoms with van der Waals surface area (Å²) in [6, 6.07) is 0.581. The van der Waals surface area contributed by atoms with E-state index in [1.807, 2.05) is 0 Å². The molecule has 1 saturated heterocycles. The summed E-state index contributed by atoms with van der Waals surface area (Å²) < 4.78 is 12.1. The SMILES string of the molecule is CC(C)C1CN(CCCF)CCCN1. The molecule has 0 aliphatic carbocycles. The Kier molecular flexibility index (Phi) is 5.41. The van der Waals surface area contributed by atoms with E-state index < -0.39 is 0 Å². The van der Waals surface area contributed by atoms with E-state index in [2.05, 4.69) is 24.1 Å². The molecule has 1 aliphatic heterocycles. The molecule has 0 saturated carbocycles. The van der Waals surface area contributed by atoms with Gasteiger partial charge in [0.1, 0.15) is 0 Å². The van der Waals surface area contributed by atoms with Crippen molar-refractivity contribution in [3.8, 4) is 0 Å². The number of nitrogens with one attached hydrogen (secondary N) is 1. The van der Waals surface area contributed by atoms with Gasteiger partial charge in [-0.05, 0) is 31.8 Å². The topological polar surface area (TPSA) is 15.3 Å². The molecule has 1 aliphatic rings. The molecule has 2 nitrogen and oxygen atoms in total. The van der Waals surface area contributed by atoms with Crippen molar-refractivity contribution in [1.82, 2.24) is 10.2 Å². The summed E-state index contributed by atoms with van der Waals surface area (Å²) in [4.78, 5) is 2.39. The van der Waals surface area contributed by atoms with Gasteiger partial charge >= 0.3 is 0 Å². The summed E-state index contributed by atoms with van der Waals surface area (Å²) >= 11 is 0. The lowest BCUT2D eigenvalue weighted by Crippen LogP contribution is -2.41. The highest BCUT2D eigenvalue weighted by Crippen LogP contribution is 2.08. The van der Waals surface area contributed by atoms with Crippen molar-refractivity contribution < 1.29 is 4.39 Å². The number of hydrogen-bond donors (Lipinski definition) is 1. The molecule has 3 heteroatoms. The Morgan fingerprint density at radius 3 is 2.93 bits per heavy atom. The molecule has 1 fully saturated rings. The molecule has 1 heterocycles. The average Bonchev–Trinajstić information content (AvgIpc) is 2.39. The third-order valence-corrected chi connectivity index (χ3v) is 2.93. The number of hydrogen-bond acceptors (Lipinski definition) is 2. The first kappa shape index (κ1) is 11.9. The predicted molar refractivity (Wildman–Crippen MR) is 58.3 cm³/mol. The van der Waals surface area contributed by atoms with Gasteiger partial charge in [0.05, 0.1) is 6.67 Å². The summed E-state index contributed by atoms with van der Waals surface area (Å²) in [6.45, 7) is 8.53. The van der Waals surface area contributed by atoms with Crippen LogP contribution < -0.4 is 5.32 Å². The van der Waals surface area contributed by atoms with Gasteiger partial charge in [-0.2, -0.15) is 0 Å². The van der Waals surface area contributed by atoms with Crippen LogP contribution in [0, 0.1) is 5.92 Å². The summed E-state index contributed by atoms with van der Waals surface area (Å²) in [7, 11) is 0. The molecule has 1 atom stereocenters. The van der Waals surface area contributed by atoms with Gasteiger partial charge in [0.25, 0.3) is 0 Å². The van der Waals surface area contributed by atoms with Crippen LogP contribution in [0.25, 0.3) is 0 Å². The number of rotatable bonds is 4. The van der Waals surface area contributed by atoms with Crippen molar-refractivity contribution >= 4 is 0 Å². The fraction of sp³-hybridized carbons (Fsp3) is 1.00.